The molecule has 1 aromatic carbocycles. The van der Waals surface area contributed by atoms with E-state index in [1.165, 1.54) is 0 Å². The highest BCUT2D eigenvalue weighted by atomic mass is 79.9. The Morgan fingerprint density at radius 3 is 2.53 bits per heavy atom. The summed E-state index contributed by atoms with van der Waals surface area (Å²) in [6, 6.07) is 8.09. The van der Waals surface area contributed by atoms with Crippen LogP contribution < -0.4 is 0 Å². The van der Waals surface area contributed by atoms with Crippen molar-refractivity contribution in [2.75, 3.05) is 5.75 Å². The van der Waals surface area contributed by atoms with Gasteiger partial charge in [-0.25, -0.2) is 0 Å². The number of rotatable bonds is 7. The third kappa shape index (κ3) is 6.89. The topological polar surface area (TPSA) is 17.1 Å². The highest BCUT2D eigenvalue weighted by molar-refractivity contribution is 9.10. The molecule has 0 saturated carbocycles. The van der Waals surface area contributed by atoms with E-state index in [9.17, 15) is 4.79 Å². The normalized spacial score (nSPS) is 10.8. The molecule has 0 radical (unpaired) electrons. The van der Waals surface area contributed by atoms with Crippen LogP contribution in [0.15, 0.2) is 33.6 Å². The molecular weight excluding hydrogens is 296 g/mol. The van der Waals surface area contributed by atoms with Gasteiger partial charge < -0.3 is 0 Å². The second-order valence-electron chi connectivity index (χ2n) is 4.57. The van der Waals surface area contributed by atoms with Gasteiger partial charge in [0.15, 0.2) is 0 Å². The van der Waals surface area contributed by atoms with Crippen LogP contribution in [0.2, 0.25) is 0 Å². The Morgan fingerprint density at radius 2 is 1.94 bits per heavy atom. The lowest BCUT2D eigenvalue weighted by molar-refractivity contribution is -0.116. The Balaban J connectivity index is 2.21. The number of carbonyl (C=O) groups excluding carboxylic acids is 1. The van der Waals surface area contributed by atoms with Gasteiger partial charge in [-0.05, 0) is 36.6 Å². The zero-order valence-electron chi connectivity index (χ0n) is 10.4. The summed E-state index contributed by atoms with van der Waals surface area (Å²) in [5.74, 6) is 1.65. The maximum atomic E-state index is 11.6. The first-order valence-corrected chi connectivity index (χ1v) is 7.76. The van der Waals surface area contributed by atoms with Crippen molar-refractivity contribution in [2.45, 2.75) is 38.0 Å². The maximum Gasteiger partial charge on any atom is 0.143 e. The molecule has 0 heterocycles. The molecule has 0 saturated heterocycles. The van der Waals surface area contributed by atoms with E-state index in [-0.39, 0.29) is 0 Å². The lowest BCUT2D eigenvalue weighted by Crippen LogP contribution is -2.02. The lowest BCUT2D eigenvalue weighted by atomic mass is 10.1. The Bertz CT molecular complexity index is 346. The Morgan fingerprint density at radius 1 is 1.29 bits per heavy atom. The van der Waals surface area contributed by atoms with Crippen LogP contribution in [-0.4, -0.2) is 11.5 Å². The highest BCUT2D eigenvalue weighted by Crippen LogP contribution is 2.21. The van der Waals surface area contributed by atoms with Crippen LogP contribution in [0.4, 0.5) is 0 Å². The predicted molar refractivity (Wildman–Crippen MR) is 78.6 cm³/mol. The number of ketones is 1. The van der Waals surface area contributed by atoms with Crippen LogP contribution in [0, 0.1) is 5.92 Å². The van der Waals surface area contributed by atoms with E-state index in [1.807, 2.05) is 24.3 Å². The fourth-order valence-electron chi connectivity index (χ4n) is 1.47. The van der Waals surface area contributed by atoms with Crippen LogP contribution in [0.3, 0.4) is 0 Å². The maximum absolute atomic E-state index is 11.6. The van der Waals surface area contributed by atoms with Gasteiger partial charge in [-0.2, -0.15) is 0 Å². The number of Topliss-reactive ketones (excluding diaryl/α,β-unsaturated/α-hetero) is 1. The number of thioether (sulfide) groups is 1. The molecule has 94 valence electrons. The fraction of sp³-hybridized carbons (Fsp3) is 0.500. The summed E-state index contributed by atoms with van der Waals surface area (Å²) in [6.45, 7) is 4.39. The number of halogens is 1. The molecule has 0 fully saturated rings. The molecule has 17 heavy (non-hydrogen) atoms. The van der Waals surface area contributed by atoms with Crippen molar-refractivity contribution in [3.05, 3.63) is 28.7 Å². The molecule has 1 aromatic rings. The molecule has 0 spiro atoms. The van der Waals surface area contributed by atoms with Gasteiger partial charge in [0.25, 0.3) is 0 Å². The van der Waals surface area contributed by atoms with Crippen molar-refractivity contribution < 1.29 is 4.79 Å². The SMILES string of the molecule is CC(C)CCCC(=O)CSc1ccc(Br)cc1. The van der Waals surface area contributed by atoms with E-state index in [0.717, 1.165) is 28.6 Å². The van der Waals surface area contributed by atoms with E-state index >= 15 is 0 Å². The molecule has 1 nitrogen and oxygen atoms in total. The zero-order valence-corrected chi connectivity index (χ0v) is 12.8. The highest BCUT2D eigenvalue weighted by Gasteiger charge is 2.04. The van der Waals surface area contributed by atoms with Crippen LogP contribution in [0.25, 0.3) is 0 Å². The molecule has 0 bridgehead atoms. The van der Waals surface area contributed by atoms with E-state index in [2.05, 4.69) is 29.8 Å². The average molecular weight is 315 g/mol. The van der Waals surface area contributed by atoms with Crippen molar-refractivity contribution in [1.82, 2.24) is 0 Å². The molecule has 0 aliphatic rings. The minimum absolute atomic E-state index is 0.360. The second kappa shape index (κ2) is 7.93. The predicted octanol–water partition coefficient (Wildman–Crippen LogP) is 4.94. The number of hydrogen-bond acceptors (Lipinski definition) is 2. The first-order valence-electron chi connectivity index (χ1n) is 5.98. The lowest BCUT2D eigenvalue weighted by Gasteiger charge is -2.04. The molecule has 0 amide bonds. The Labute approximate surface area is 117 Å². The minimum Gasteiger partial charge on any atom is -0.299 e. The van der Waals surface area contributed by atoms with Crippen LogP contribution >= 0.6 is 27.7 Å². The summed E-state index contributed by atoms with van der Waals surface area (Å²) in [7, 11) is 0. The minimum atomic E-state index is 0.360. The summed E-state index contributed by atoms with van der Waals surface area (Å²) in [6.07, 6.45) is 2.90. The van der Waals surface area contributed by atoms with Gasteiger partial charge in [0.2, 0.25) is 0 Å². The first-order chi connectivity index (χ1) is 8.08. The Hall–Kier alpha value is -0.280. The van der Waals surface area contributed by atoms with Crippen molar-refractivity contribution >= 4 is 33.5 Å². The fourth-order valence-corrected chi connectivity index (χ4v) is 2.54. The largest absolute Gasteiger partial charge is 0.299 e. The van der Waals surface area contributed by atoms with E-state index < -0.39 is 0 Å². The van der Waals surface area contributed by atoms with E-state index in [4.69, 9.17) is 0 Å². The van der Waals surface area contributed by atoms with E-state index in [0.29, 0.717) is 17.5 Å². The van der Waals surface area contributed by atoms with Gasteiger partial charge in [-0.15, -0.1) is 11.8 Å². The molecule has 0 unspecified atom stereocenters. The van der Waals surface area contributed by atoms with Gasteiger partial charge in [-0.3, -0.25) is 4.79 Å². The van der Waals surface area contributed by atoms with E-state index in [1.54, 1.807) is 11.8 Å². The molecule has 0 N–H and O–H groups in total. The molecule has 3 heteroatoms. The quantitative estimate of drug-likeness (QED) is 0.663. The van der Waals surface area contributed by atoms with Crippen molar-refractivity contribution in [1.29, 1.82) is 0 Å². The number of hydrogen-bond donors (Lipinski definition) is 0. The van der Waals surface area contributed by atoms with Crippen molar-refractivity contribution in [3.8, 4) is 0 Å². The van der Waals surface area contributed by atoms with Crippen molar-refractivity contribution in [2.24, 2.45) is 5.92 Å². The third-order valence-corrected chi connectivity index (χ3v) is 4.05. The van der Waals surface area contributed by atoms with Gasteiger partial charge >= 0.3 is 0 Å². The van der Waals surface area contributed by atoms with Gasteiger partial charge in [0.1, 0.15) is 5.78 Å². The summed E-state index contributed by atoms with van der Waals surface area (Å²) in [5, 5.41) is 0. The molecule has 0 aliphatic carbocycles. The molecular formula is C14H19BrOS. The zero-order chi connectivity index (χ0) is 12.7. The smallest absolute Gasteiger partial charge is 0.143 e. The van der Waals surface area contributed by atoms with Crippen molar-refractivity contribution in [3.63, 3.8) is 0 Å². The molecule has 0 atom stereocenters. The third-order valence-electron chi connectivity index (χ3n) is 2.45. The first kappa shape index (κ1) is 14.8. The monoisotopic (exact) mass is 314 g/mol. The number of benzene rings is 1. The van der Waals surface area contributed by atoms with Crippen LogP contribution in [-0.2, 0) is 4.79 Å². The molecule has 0 aromatic heterocycles. The Kier molecular flexibility index (Phi) is 6.90. The summed E-state index contributed by atoms with van der Waals surface area (Å²) in [5.41, 5.74) is 0. The summed E-state index contributed by atoms with van der Waals surface area (Å²) < 4.78 is 1.07. The standard InChI is InChI=1S/C14H19BrOS/c1-11(2)4-3-5-13(16)10-17-14-8-6-12(15)7-9-14/h6-9,11H,3-5,10H2,1-2H3. The second-order valence-corrected chi connectivity index (χ2v) is 6.53. The van der Waals surface area contributed by atoms with Gasteiger partial charge in [0, 0.05) is 15.8 Å². The summed E-state index contributed by atoms with van der Waals surface area (Å²) in [4.78, 5) is 12.8. The van der Waals surface area contributed by atoms with Gasteiger partial charge in [0.05, 0.1) is 5.75 Å². The summed E-state index contributed by atoms with van der Waals surface area (Å²) >= 11 is 5.02. The van der Waals surface area contributed by atoms with Crippen LogP contribution in [0.1, 0.15) is 33.1 Å². The average Bonchev–Trinajstić information content (AvgIpc) is 2.28. The number of carbonyl (C=O) groups is 1. The van der Waals surface area contributed by atoms with Gasteiger partial charge in [-0.1, -0.05) is 36.2 Å². The molecule has 1 rings (SSSR count). The molecule has 0 aliphatic heterocycles. The van der Waals surface area contributed by atoms with Crippen LogP contribution in [0.5, 0.6) is 0 Å².